The Balaban J connectivity index is 0.000000712. The smallest absolute Gasteiger partial charge is 0.0622 e. The van der Waals surface area contributed by atoms with Crippen LogP contribution in [-0.2, 0) is 31.3 Å². The van der Waals surface area contributed by atoms with Crippen LogP contribution in [0, 0.1) is 0 Å². The molecule has 0 amide bonds. The first-order valence-electron chi connectivity index (χ1n) is 14.4. The fourth-order valence-corrected chi connectivity index (χ4v) is 9.78. The van der Waals surface area contributed by atoms with E-state index in [1.807, 2.05) is 0 Å². The largest absolute Gasteiger partial charge is 0.0670 e. The summed E-state index contributed by atoms with van der Waals surface area (Å²) in [5.41, 5.74) is 8.09. The second-order valence-electron chi connectivity index (χ2n) is 10.6. The van der Waals surface area contributed by atoms with Crippen LogP contribution in [0.5, 0.6) is 0 Å². The van der Waals surface area contributed by atoms with Crippen molar-refractivity contribution in [2.24, 2.45) is 0 Å². The maximum Gasteiger partial charge on any atom is 0.0670 e. The Morgan fingerprint density at radius 2 is 0.477 bits per heavy atom. The predicted molar refractivity (Wildman–Crippen MR) is 173 cm³/mol. The van der Waals surface area contributed by atoms with Crippen LogP contribution in [0.15, 0.2) is 182 Å². The zero-order valence-corrected chi connectivity index (χ0v) is 26.8. The van der Waals surface area contributed by atoms with E-state index in [0.29, 0.717) is 0 Å². The minimum Gasteiger partial charge on any atom is -0.0622 e. The van der Waals surface area contributed by atoms with E-state index in [4.69, 9.17) is 15.9 Å². The van der Waals surface area contributed by atoms with E-state index >= 15 is 0 Å². The second-order valence-corrected chi connectivity index (χ2v) is 14.5. The molecular formula is C38H34CrO4Si. The molecule has 2 N–H and O–H groups in total. The van der Waals surface area contributed by atoms with Gasteiger partial charge in [0.15, 0.2) is 0 Å². The van der Waals surface area contributed by atoms with E-state index in [1.54, 1.807) is 0 Å². The normalized spacial score (nSPS) is 11.7. The van der Waals surface area contributed by atoms with Crippen molar-refractivity contribution in [3.8, 4) is 0 Å². The van der Waals surface area contributed by atoms with Crippen molar-refractivity contribution < 1.29 is 29.5 Å². The number of hydrogen-bond donors (Lipinski definition) is 2. The van der Waals surface area contributed by atoms with Gasteiger partial charge in [0.25, 0.3) is 0 Å². The van der Waals surface area contributed by atoms with Crippen LogP contribution in [0.2, 0.25) is 0 Å². The van der Waals surface area contributed by atoms with Crippen molar-refractivity contribution in [2.75, 3.05) is 0 Å². The van der Waals surface area contributed by atoms with Crippen molar-refractivity contribution in [1.82, 2.24) is 0 Å². The molecule has 0 aromatic heterocycles. The van der Waals surface area contributed by atoms with E-state index in [9.17, 15) is 0 Å². The van der Waals surface area contributed by atoms with Gasteiger partial charge in [-0.1, -0.05) is 182 Å². The van der Waals surface area contributed by atoms with Crippen LogP contribution in [0.4, 0.5) is 0 Å². The van der Waals surface area contributed by atoms with Crippen LogP contribution in [0.1, 0.15) is 33.4 Å². The van der Waals surface area contributed by atoms with Crippen LogP contribution < -0.4 is 0 Å². The van der Waals surface area contributed by atoms with Crippen molar-refractivity contribution in [3.63, 3.8) is 0 Å². The van der Waals surface area contributed by atoms with Gasteiger partial charge in [0, 0.05) is 10.1 Å². The quantitative estimate of drug-likeness (QED) is 0.143. The molecule has 6 aromatic carbocycles. The van der Waals surface area contributed by atoms with E-state index in [-0.39, 0.29) is 10.1 Å². The van der Waals surface area contributed by atoms with Crippen molar-refractivity contribution >= 4 is 9.52 Å². The summed E-state index contributed by atoms with van der Waals surface area (Å²) in [6, 6.07) is 67.1. The van der Waals surface area contributed by atoms with Gasteiger partial charge in [0.2, 0.25) is 0 Å². The second kappa shape index (κ2) is 13.9. The van der Waals surface area contributed by atoms with E-state index in [1.165, 1.54) is 33.4 Å². The molecule has 0 spiro atoms. The zero-order chi connectivity index (χ0) is 30.9. The molecule has 6 heteroatoms. The minimum absolute atomic E-state index is 0.286. The summed E-state index contributed by atoms with van der Waals surface area (Å²) in [6.45, 7) is 0. The van der Waals surface area contributed by atoms with Crippen molar-refractivity contribution in [3.05, 3.63) is 215 Å². The molecule has 0 radical (unpaired) electrons. The Labute approximate surface area is 263 Å². The van der Waals surface area contributed by atoms with Crippen molar-refractivity contribution in [2.45, 2.75) is 10.1 Å². The molecule has 0 aliphatic rings. The fourth-order valence-electron chi connectivity index (χ4n) is 6.35. The Kier molecular flexibility index (Phi) is 9.82. The molecule has 0 fully saturated rings. The van der Waals surface area contributed by atoms with Gasteiger partial charge in [0.1, 0.15) is 0 Å². The molecule has 0 unspecified atom stereocenters. The Morgan fingerprint density at radius 1 is 0.341 bits per heavy atom. The standard InChI is InChI=1S/C38H32Si.Cr.2H2O.2O/c1-7-19-31(20-8-1)37(32-21-9-2-10-22-32,33-23-11-3-12-24-33)39-38(34-25-13-4-14-26-34,35-27-15-5-16-28-35)36-29-17-6-18-30-36;;;;;/h1-30H,39H2;;2*1H2;;/q;+2;;;;/p-2. The molecule has 44 heavy (non-hydrogen) atoms. The summed E-state index contributed by atoms with van der Waals surface area (Å²) in [6.07, 6.45) is 0. The van der Waals surface area contributed by atoms with Crippen LogP contribution in [-0.4, -0.2) is 17.8 Å². The van der Waals surface area contributed by atoms with Gasteiger partial charge >= 0.3 is 29.5 Å². The monoisotopic (exact) mass is 634 g/mol. The number of hydrogen-bond acceptors (Lipinski definition) is 2. The van der Waals surface area contributed by atoms with Crippen molar-refractivity contribution in [1.29, 1.82) is 0 Å². The average Bonchev–Trinajstić information content (AvgIpc) is 3.07. The SMILES string of the molecule is [O]=[Cr](=[O])([OH])[OH].c1ccc(C([SiH2]C(c2ccccc2)(c2ccccc2)c2ccccc2)(c2ccccc2)c2ccccc2)cc1. The van der Waals surface area contributed by atoms with E-state index in [0.717, 1.165) is 0 Å². The van der Waals surface area contributed by atoms with Gasteiger partial charge in [-0.2, -0.15) is 0 Å². The predicted octanol–water partition coefficient (Wildman–Crippen LogP) is 6.79. The van der Waals surface area contributed by atoms with Crippen LogP contribution in [0.25, 0.3) is 0 Å². The fraction of sp³-hybridized carbons (Fsp3) is 0.0526. The molecule has 220 valence electrons. The first-order valence-corrected chi connectivity index (χ1v) is 18.0. The van der Waals surface area contributed by atoms with Gasteiger partial charge in [-0.15, -0.1) is 0 Å². The summed E-state index contributed by atoms with van der Waals surface area (Å²) in [5, 5.41) is -0.573. The third-order valence-electron chi connectivity index (χ3n) is 8.13. The first-order chi connectivity index (χ1) is 21.3. The van der Waals surface area contributed by atoms with Crippen LogP contribution >= 0.6 is 0 Å². The Hall–Kier alpha value is -4.41. The molecule has 0 saturated heterocycles. The topological polar surface area (TPSA) is 74.6 Å². The van der Waals surface area contributed by atoms with E-state index < -0.39 is 23.1 Å². The molecule has 0 heterocycles. The van der Waals surface area contributed by atoms with Gasteiger partial charge in [-0.3, -0.25) is 0 Å². The number of benzene rings is 6. The minimum atomic E-state index is -5.25. The molecule has 0 bridgehead atoms. The summed E-state index contributed by atoms with van der Waals surface area (Å²) < 4.78 is 31.9. The molecule has 0 aliphatic heterocycles. The van der Waals surface area contributed by atoms with E-state index in [2.05, 4.69) is 182 Å². The Bertz CT molecular complexity index is 1510. The maximum atomic E-state index is 8.82. The molecule has 6 rings (SSSR count). The molecular weight excluding hydrogens is 600 g/mol. The molecule has 0 saturated carbocycles. The Morgan fingerprint density at radius 3 is 0.614 bits per heavy atom. The molecule has 0 aliphatic carbocycles. The maximum absolute atomic E-state index is 8.82. The summed E-state index contributed by atoms with van der Waals surface area (Å²) >= 11 is -5.25. The number of rotatable bonds is 8. The van der Waals surface area contributed by atoms with Gasteiger partial charge < -0.3 is 0 Å². The van der Waals surface area contributed by atoms with Gasteiger partial charge in [-0.25, -0.2) is 0 Å². The van der Waals surface area contributed by atoms with Gasteiger partial charge in [-0.05, 0) is 33.4 Å². The zero-order valence-electron chi connectivity index (χ0n) is 24.1. The van der Waals surface area contributed by atoms with Gasteiger partial charge in [0.05, 0.1) is 9.52 Å². The molecule has 0 atom stereocenters. The molecule has 4 nitrogen and oxygen atoms in total. The van der Waals surface area contributed by atoms with Crippen LogP contribution in [0.3, 0.4) is 0 Å². The summed E-state index contributed by atoms with van der Waals surface area (Å²) in [4.78, 5) is 0. The summed E-state index contributed by atoms with van der Waals surface area (Å²) in [5.74, 6) is 0. The molecule has 6 aromatic rings. The third kappa shape index (κ3) is 6.87. The first kappa shape index (κ1) is 31.0. The summed E-state index contributed by atoms with van der Waals surface area (Å²) in [7, 11) is -1.16. The average molecular weight is 635 g/mol. The third-order valence-corrected chi connectivity index (χ3v) is 11.6.